The first kappa shape index (κ1) is 12.1. The summed E-state index contributed by atoms with van der Waals surface area (Å²) in [7, 11) is 0. The Morgan fingerprint density at radius 3 is 3.00 bits per heavy atom. The van der Waals surface area contributed by atoms with E-state index in [1.54, 1.807) is 16.8 Å². The predicted octanol–water partition coefficient (Wildman–Crippen LogP) is 1.96. The fourth-order valence-electron chi connectivity index (χ4n) is 1.55. The van der Waals surface area contributed by atoms with Crippen LogP contribution in [0.1, 0.15) is 19.3 Å². The van der Waals surface area contributed by atoms with Crippen molar-refractivity contribution in [3.8, 4) is 0 Å². The molecule has 0 bridgehead atoms. The van der Waals surface area contributed by atoms with Crippen LogP contribution in [0.5, 0.6) is 0 Å². The van der Waals surface area contributed by atoms with Crippen molar-refractivity contribution in [3.63, 3.8) is 0 Å². The number of nitrogens with one attached hydrogen (secondary N) is 1. The number of aromatic nitrogens is 3. The Bertz CT molecular complexity index is 485. The Labute approximate surface area is 104 Å². The van der Waals surface area contributed by atoms with Crippen molar-refractivity contribution < 1.29 is 5.11 Å². The second-order valence-electron chi connectivity index (χ2n) is 3.80. The van der Waals surface area contributed by atoms with Crippen LogP contribution in [0.15, 0.2) is 18.3 Å². The van der Waals surface area contributed by atoms with Gasteiger partial charge in [-0.1, -0.05) is 11.6 Å². The maximum atomic E-state index is 8.64. The molecule has 0 aromatic carbocycles. The Balaban J connectivity index is 1.91. The number of hydrogen-bond donors (Lipinski definition) is 2. The van der Waals surface area contributed by atoms with Crippen LogP contribution in [0.25, 0.3) is 5.65 Å². The van der Waals surface area contributed by atoms with E-state index >= 15 is 0 Å². The normalized spacial score (nSPS) is 10.9. The average molecular weight is 255 g/mol. The number of nitrogens with zero attached hydrogens (tertiary/aromatic N) is 3. The van der Waals surface area contributed by atoms with Crippen molar-refractivity contribution in [1.29, 1.82) is 0 Å². The summed E-state index contributed by atoms with van der Waals surface area (Å²) in [5, 5.41) is 16.7. The predicted molar refractivity (Wildman–Crippen MR) is 67.4 cm³/mol. The van der Waals surface area contributed by atoms with Crippen LogP contribution in [0, 0.1) is 0 Å². The molecule has 0 fully saturated rings. The monoisotopic (exact) mass is 254 g/mol. The lowest BCUT2D eigenvalue weighted by atomic mass is 10.2. The lowest BCUT2D eigenvalue weighted by Gasteiger charge is -1.99. The number of aliphatic hydroxyl groups excluding tert-OH is 1. The molecular weight excluding hydrogens is 240 g/mol. The molecule has 0 aliphatic carbocycles. The molecular formula is C11H15ClN4O. The van der Waals surface area contributed by atoms with Gasteiger partial charge in [0.1, 0.15) is 0 Å². The maximum absolute atomic E-state index is 8.64. The topological polar surface area (TPSA) is 62.5 Å². The number of aliphatic hydroxyl groups is 1. The van der Waals surface area contributed by atoms with Gasteiger partial charge in [-0.25, -0.2) is 4.52 Å². The lowest BCUT2D eigenvalue weighted by Crippen LogP contribution is -2.03. The van der Waals surface area contributed by atoms with Crippen LogP contribution in [0.2, 0.25) is 5.02 Å². The lowest BCUT2D eigenvalue weighted by molar-refractivity contribution is 0.283. The third kappa shape index (κ3) is 3.31. The summed E-state index contributed by atoms with van der Waals surface area (Å²) < 4.78 is 1.65. The number of hydrogen-bond acceptors (Lipinski definition) is 4. The molecule has 0 aliphatic rings. The van der Waals surface area contributed by atoms with Gasteiger partial charge in [-0.05, 0) is 31.4 Å². The molecule has 0 aliphatic heterocycles. The largest absolute Gasteiger partial charge is 0.396 e. The van der Waals surface area contributed by atoms with E-state index < -0.39 is 0 Å². The average Bonchev–Trinajstić information content (AvgIpc) is 2.70. The van der Waals surface area contributed by atoms with Gasteiger partial charge >= 0.3 is 0 Å². The Hall–Kier alpha value is -1.33. The first-order valence-corrected chi connectivity index (χ1v) is 6.04. The Kier molecular flexibility index (Phi) is 4.17. The zero-order valence-corrected chi connectivity index (χ0v) is 10.2. The standard InChI is InChI=1S/C11H15ClN4O/c12-9-4-5-10-14-11(15-16(10)8-9)13-6-2-1-3-7-17/h4-5,8,17H,1-3,6-7H2,(H,13,15). The molecule has 0 atom stereocenters. The third-order valence-electron chi connectivity index (χ3n) is 2.41. The molecule has 0 saturated heterocycles. The van der Waals surface area contributed by atoms with Crippen molar-refractivity contribution >= 4 is 23.2 Å². The van der Waals surface area contributed by atoms with E-state index in [9.17, 15) is 0 Å². The van der Waals surface area contributed by atoms with Gasteiger partial charge in [-0.2, -0.15) is 4.98 Å². The summed E-state index contributed by atoms with van der Waals surface area (Å²) in [4.78, 5) is 4.30. The molecule has 5 nitrogen and oxygen atoms in total. The van der Waals surface area contributed by atoms with Crippen molar-refractivity contribution in [2.24, 2.45) is 0 Å². The Morgan fingerprint density at radius 2 is 2.18 bits per heavy atom. The van der Waals surface area contributed by atoms with Gasteiger partial charge in [0.2, 0.25) is 5.95 Å². The van der Waals surface area contributed by atoms with E-state index in [1.165, 1.54) is 0 Å². The van der Waals surface area contributed by atoms with E-state index in [0.29, 0.717) is 11.0 Å². The number of rotatable bonds is 6. The van der Waals surface area contributed by atoms with Gasteiger partial charge in [0, 0.05) is 19.3 Å². The van der Waals surface area contributed by atoms with E-state index in [1.807, 2.05) is 6.07 Å². The molecule has 2 aromatic rings. The van der Waals surface area contributed by atoms with Crippen LogP contribution in [-0.2, 0) is 0 Å². The smallest absolute Gasteiger partial charge is 0.243 e. The highest BCUT2D eigenvalue weighted by molar-refractivity contribution is 6.30. The molecule has 0 spiro atoms. The van der Waals surface area contributed by atoms with Crippen LogP contribution in [0.3, 0.4) is 0 Å². The number of pyridine rings is 1. The minimum Gasteiger partial charge on any atom is -0.396 e. The minimum atomic E-state index is 0.255. The zero-order chi connectivity index (χ0) is 12.1. The molecule has 2 heterocycles. The van der Waals surface area contributed by atoms with Crippen LogP contribution < -0.4 is 5.32 Å². The van der Waals surface area contributed by atoms with E-state index in [0.717, 1.165) is 31.5 Å². The van der Waals surface area contributed by atoms with Crippen molar-refractivity contribution in [2.45, 2.75) is 19.3 Å². The van der Waals surface area contributed by atoms with Crippen LogP contribution >= 0.6 is 11.6 Å². The first-order valence-electron chi connectivity index (χ1n) is 5.66. The van der Waals surface area contributed by atoms with E-state index in [4.69, 9.17) is 16.7 Å². The molecule has 6 heteroatoms. The highest BCUT2D eigenvalue weighted by Gasteiger charge is 2.02. The summed E-state index contributed by atoms with van der Waals surface area (Å²) in [6.45, 7) is 1.07. The van der Waals surface area contributed by atoms with Gasteiger partial charge in [-0.15, -0.1) is 5.10 Å². The highest BCUT2D eigenvalue weighted by Crippen LogP contribution is 2.11. The summed E-state index contributed by atoms with van der Waals surface area (Å²) in [5.41, 5.74) is 0.771. The summed E-state index contributed by atoms with van der Waals surface area (Å²) in [5.74, 6) is 0.608. The van der Waals surface area contributed by atoms with Crippen LogP contribution in [0.4, 0.5) is 5.95 Å². The second-order valence-corrected chi connectivity index (χ2v) is 4.23. The maximum Gasteiger partial charge on any atom is 0.243 e. The van der Waals surface area contributed by atoms with Gasteiger partial charge in [0.15, 0.2) is 5.65 Å². The molecule has 92 valence electrons. The summed E-state index contributed by atoms with van der Waals surface area (Å²) >= 11 is 5.86. The van der Waals surface area contributed by atoms with Gasteiger partial charge < -0.3 is 10.4 Å². The SMILES string of the molecule is OCCCCCNc1nc2ccc(Cl)cn2n1. The number of unbranched alkanes of at least 4 members (excludes halogenated alkanes) is 2. The van der Waals surface area contributed by atoms with Crippen LogP contribution in [-0.4, -0.2) is 32.9 Å². The quantitative estimate of drug-likeness (QED) is 0.774. The number of halogens is 1. The number of anilines is 1. The van der Waals surface area contributed by atoms with Gasteiger partial charge in [0.05, 0.1) is 5.02 Å². The first-order chi connectivity index (χ1) is 8.29. The molecule has 0 radical (unpaired) electrons. The van der Waals surface area contributed by atoms with E-state index in [2.05, 4.69) is 15.4 Å². The Morgan fingerprint density at radius 1 is 1.29 bits per heavy atom. The van der Waals surface area contributed by atoms with Crippen molar-refractivity contribution in [2.75, 3.05) is 18.5 Å². The second kappa shape index (κ2) is 5.84. The van der Waals surface area contributed by atoms with Gasteiger partial charge in [-0.3, -0.25) is 0 Å². The molecule has 2 rings (SSSR count). The number of fused-ring (bicyclic) bond motifs is 1. The third-order valence-corrected chi connectivity index (χ3v) is 2.64. The molecule has 17 heavy (non-hydrogen) atoms. The molecule has 2 aromatic heterocycles. The van der Waals surface area contributed by atoms with E-state index in [-0.39, 0.29) is 6.61 Å². The fourth-order valence-corrected chi connectivity index (χ4v) is 1.70. The summed E-state index contributed by atoms with van der Waals surface area (Å²) in [6, 6.07) is 3.61. The molecule has 0 amide bonds. The molecule has 0 saturated carbocycles. The highest BCUT2D eigenvalue weighted by atomic mass is 35.5. The zero-order valence-electron chi connectivity index (χ0n) is 9.43. The molecule has 0 unspecified atom stereocenters. The van der Waals surface area contributed by atoms with Gasteiger partial charge in [0.25, 0.3) is 0 Å². The minimum absolute atomic E-state index is 0.255. The molecule has 2 N–H and O–H groups in total. The summed E-state index contributed by atoms with van der Waals surface area (Å²) in [6.07, 6.45) is 4.57. The van der Waals surface area contributed by atoms with Crippen molar-refractivity contribution in [3.05, 3.63) is 23.4 Å². The fraction of sp³-hybridized carbons (Fsp3) is 0.455. The van der Waals surface area contributed by atoms with Crippen molar-refractivity contribution in [1.82, 2.24) is 14.6 Å².